The minimum Gasteiger partial charge on any atom is -0.342 e. The number of carbonyl (C=O) groups is 2. The summed E-state index contributed by atoms with van der Waals surface area (Å²) in [5, 5.41) is 5.87. The third-order valence-electron chi connectivity index (χ3n) is 6.90. The molecule has 1 aliphatic heterocycles. The van der Waals surface area contributed by atoms with E-state index >= 15 is 0 Å². The van der Waals surface area contributed by atoms with Crippen LogP contribution in [0.2, 0.25) is 0 Å². The molecule has 172 valence electrons. The molecule has 0 unspecified atom stereocenters. The van der Waals surface area contributed by atoms with E-state index in [-0.39, 0.29) is 11.8 Å². The number of nitrogens with zero attached hydrogens (tertiary/aromatic N) is 3. The summed E-state index contributed by atoms with van der Waals surface area (Å²) in [7, 11) is 0. The first-order chi connectivity index (χ1) is 16.2. The predicted molar refractivity (Wildman–Crippen MR) is 131 cm³/mol. The first kappa shape index (κ1) is 21.9. The van der Waals surface area contributed by atoms with Gasteiger partial charge in [-0.3, -0.25) is 9.59 Å². The van der Waals surface area contributed by atoms with Gasteiger partial charge in [-0.15, -0.1) is 11.3 Å². The number of thiazole rings is 1. The highest BCUT2D eigenvalue weighted by Gasteiger charge is 2.30. The lowest BCUT2D eigenvalue weighted by atomic mass is 9.87. The smallest absolute Gasteiger partial charge is 0.275 e. The van der Waals surface area contributed by atoms with Crippen molar-refractivity contribution in [2.45, 2.75) is 50.9 Å². The lowest BCUT2D eigenvalue weighted by molar-refractivity contribution is -0.137. The number of benzene rings is 1. The Bertz CT molecular complexity index is 1090. The second-order valence-corrected chi connectivity index (χ2v) is 9.96. The number of carbonyl (C=O) groups excluding carboxylic acids is 2. The van der Waals surface area contributed by atoms with Crippen LogP contribution in [0.15, 0.2) is 54.2 Å². The van der Waals surface area contributed by atoms with Crippen molar-refractivity contribution in [1.29, 1.82) is 0 Å². The van der Waals surface area contributed by atoms with Crippen LogP contribution in [0.25, 0.3) is 5.69 Å². The van der Waals surface area contributed by atoms with Crippen molar-refractivity contribution in [2.24, 2.45) is 5.92 Å². The van der Waals surface area contributed by atoms with E-state index in [1.165, 1.54) is 19.3 Å². The number of para-hydroxylation sites is 2. The first-order valence-corrected chi connectivity index (χ1v) is 12.8. The monoisotopic (exact) mass is 462 g/mol. The minimum atomic E-state index is -0.193. The number of nitrogens with one attached hydrogen (secondary N) is 1. The van der Waals surface area contributed by atoms with Gasteiger partial charge in [-0.2, -0.15) is 0 Å². The summed E-state index contributed by atoms with van der Waals surface area (Å²) in [6.45, 7) is 1.59. The second-order valence-electron chi connectivity index (χ2n) is 9.07. The molecule has 1 aliphatic carbocycles. The molecule has 0 spiro atoms. The Morgan fingerprint density at radius 2 is 1.67 bits per heavy atom. The van der Waals surface area contributed by atoms with E-state index in [4.69, 9.17) is 0 Å². The van der Waals surface area contributed by atoms with E-state index in [9.17, 15) is 9.59 Å². The van der Waals surface area contributed by atoms with Gasteiger partial charge in [-0.1, -0.05) is 31.4 Å². The number of hydrogen-bond acceptors (Lipinski definition) is 4. The zero-order valence-corrected chi connectivity index (χ0v) is 19.6. The number of anilines is 1. The summed E-state index contributed by atoms with van der Waals surface area (Å²) in [4.78, 5) is 32.5. The molecule has 2 aliphatic rings. The van der Waals surface area contributed by atoms with E-state index in [2.05, 4.69) is 15.2 Å². The highest BCUT2D eigenvalue weighted by molar-refractivity contribution is 7.10. The Kier molecular flexibility index (Phi) is 6.58. The molecule has 1 N–H and O–H groups in total. The van der Waals surface area contributed by atoms with Gasteiger partial charge in [0.1, 0.15) is 5.69 Å². The number of piperidine rings is 1. The summed E-state index contributed by atoms with van der Waals surface area (Å²) in [6, 6.07) is 11.7. The van der Waals surface area contributed by atoms with Gasteiger partial charge in [-0.05, 0) is 49.9 Å². The average Bonchev–Trinajstić information content (AvgIpc) is 3.58. The summed E-state index contributed by atoms with van der Waals surface area (Å²) in [6.07, 6.45) is 11.5. The highest BCUT2D eigenvalue weighted by atomic mass is 32.1. The van der Waals surface area contributed by atoms with Gasteiger partial charge < -0.3 is 14.8 Å². The maximum Gasteiger partial charge on any atom is 0.275 e. The van der Waals surface area contributed by atoms with Crippen LogP contribution in [0, 0.1) is 5.92 Å². The average molecular weight is 463 g/mol. The van der Waals surface area contributed by atoms with Crippen molar-refractivity contribution in [1.82, 2.24) is 14.5 Å². The van der Waals surface area contributed by atoms with Crippen LogP contribution < -0.4 is 5.32 Å². The SMILES string of the molecule is O=C(Nc1ccccc1-n1cccc1)c1csc(C2CCN(C(=O)C3CCCCC3)CC2)n1. The van der Waals surface area contributed by atoms with E-state index in [1.54, 1.807) is 11.3 Å². The van der Waals surface area contributed by atoms with E-state index < -0.39 is 0 Å². The minimum absolute atomic E-state index is 0.193. The Morgan fingerprint density at radius 3 is 2.42 bits per heavy atom. The van der Waals surface area contributed by atoms with Crippen LogP contribution in [-0.4, -0.2) is 39.4 Å². The number of amides is 2. The molecule has 2 fully saturated rings. The van der Waals surface area contributed by atoms with Crippen LogP contribution in [0.4, 0.5) is 5.69 Å². The molecule has 5 rings (SSSR count). The Balaban J connectivity index is 1.20. The van der Waals surface area contributed by atoms with E-state index in [1.807, 2.05) is 58.7 Å². The van der Waals surface area contributed by atoms with E-state index in [0.717, 1.165) is 55.2 Å². The summed E-state index contributed by atoms with van der Waals surface area (Å²) >= 11 is 1.55. The zero-order chi connectivity index (χ0) is 22.6. The molecule has 1 saturated heterocycles. The molecule has 1 saturated carbocycles. The number of hydrogen-bond donors (Lipinski definition) is 1. The van der Waals surface area contributed by atoms with Crippen LogP contribution in [-0.2, 0) is 4.79 Å². The largest absolute Gasteiger partial charge is 0.342 e. The fourth-order valence-electron chi connectivity index (χ4n) is 5.02. The maximum atomic E-state index is 12.9. The molecule has 0 atom stereocenters. The van der Waals surface area contributed by atoms with Crippen LogP contribution in [0.5, 0.6) is 0 Å². The maximum absolute atomic E-state index is 12.9. The van der Waals surface area contributed by atoms with Crippen molar-refractivity contribution in [3.8, 4) is 5.69 Å². The van der Waals surface area contributed by atoms with Gasteiger partial charge in [0.25, 0.3) is 5.91 Å². The molecule has 0 bridgehead atoms. The number of rotatable bonds is 5. The van der Waals surface area contributed by atoms with Crippen LogP contribution in [0.3, 0.4) is 0 Å². The van der Waals surface area contributed by atoms with Gasteiger partial charge in [0, 0.05) is 42.7 Å². The van der Waals surface area contributed by atoms with Gasteiger partial charge in [0.2, 0.25) is 5.91 Å². The molecule has 2 aromatic heterocycles. The zero-order valence-electron chi connectivity index (χ0n) is 18.8. The summed E-state index contributed by atoms with van der Waals surface area (Å²) < 4.78 is 1.98. The summed E-state index contributed by atoms with van der Waals surface area (Å²) in [5.41, 5.74) is 2.13. The van der Waals surface area contributed by atoms with E-state index in [0.29, 0.717) is 17.5 Å². The molecule has 7 heteroatoms. The van der Waals surface area contributed by atoms with Crippen molar-refractivity contribution >= 4 is 28.8 Å². The molecular weight excluding hydrogens is 432 g/mol. The summed E-state index contributed by atoms with van der Waals surface area (Å²) in [5.74, 6) is 0.717. The standard InChI is InChI=1S/C26H30N4O2S/c31-24(27-21-10-4-5-11-23(21)29-14-6-7-15-29)22-18-33-25(28-22)19-12-16-30(17-13-19)26(32)20-8-2-1-3-9-20/h4-7,10-11,14-15,18-20H,1-3,8-9,12-13,16-17H2,(H,27,31). The van der Waals surface area contributed by atoms with Crippen LogP contribution >= 0.6 is 11.3 Å². The van der Waals surface area contributed by atoms with Gasteiger partial charge in [-0.25, -0.2) is 4.98 Å². The number of likely N-dealkylation sites (tertiary alicyclic amines) is 1. The Labute approximate surface area is 198 Å². The second kappa shape index (κ2) is 9.91. The third kappa shape index (κ3) is 4.88. The lowest BCUT2D eigenvalue weighted by Crippen LogP contribution is -2.41. The van der Waals surface area contributed by atoms with Crippen molar-refractivity contribution in [3.63, 3.8) is 0 Å². The van der Waals surface area contributed by atoms with Crippen molar-refractivity contribution in [2.75, 3.05) is 18.4 Å². The quantitative estimate of drug-likeness (QED) is 0.547. The normalized spacial score (nSPS) is 17.8. The Hall–Kier alpha value is -2.93. The van der Waals surface area contributed by atoms with Gasteiger partial charge >= 0.3 is 0 Å². The first-order valence-electron chi connectivity index (χ1n) is 12.0. The molecule has 2 amide bonds. The molecular formula is C26H30N4O2S. The van der Waals surface area contributed by atoms with Crippen molar-refractivity contribution in [3.05, 3.63) is 64.9 Å². The van der Waals surface area contributed by atoms with Crippen LogP contribution in [0.1, 0.15) is 66.4 Å². The molecule has 1 aromatic carbocycles. The molecule has 3 heterocycles. The number of aromatic nitrogens is 2. The molecule has 0 radical (unpaired) electrons. The van der Waals surface area contributed by atoms with Gasteiger partial charge in [0.15, 0.2) is 0 Å². The third-order valence-corrected chi connectivity index (χ3v) is 7.91. The van der Waals surface area contributed by atoms with Crippen molar-refractivity contribution < 1.29 is 9.59 Å². The topological polar surface area (TPSA) is 67.2 Å². The molecule has 3 aromatic rings. The Morgan fingerprint density at radius 1 is 0.939 bits per heavy atom. The fraction of sp³-hybridized carbons (Fsp3) is 0.423. The van der Waals surface area contributed by atoms with Gasteiger partial charge in [0.05, 0.1) is 16.4 Å². The molecule has 33 heavy (non-hydrogen) atoms. The highest BCUT2D eigenvalue weighted by Crippen LogP contribution is 2.33. The lowest BCUT2D eigenvalue weighted by Gasteiger charge is -2.34. The molecule has 6 nitrogen and oxygen atoms in total. The predicted octanol–water partition coefficient (Wildman–Crippen LogP) is 5.47. The fourth-order valence-corrected chi connectivity index (χ4v) is 5.99.